The zero-order valence-corrected chi connectivity index (χ0v) is 20.4. The Morgan fingerprint density at radius 2 is 1.97 bits per heavy atom. The molecule has 0 aliphatic carbocycles. The number of likely N-dealkylation sites (tertiary alicyclic amines) is 1. The second-order valence-electron chi connectivity index (χ2n) is 10.0. The molecule has 188 valence electrons. The summed E-state index contributed by atoms with van der Waals surface area (Å²) in [5.41, 5.74) is 1.54. The summed E-state index contributed by atoms with van der Waals surface area (Å²) in [4.78, 5) is 40.4. The molecule has 0 bridgehead atoms. The van der Waals surface area contributed by atoms with Crippen molar-refractivity contribution in [2.24, 2.45) is 11.8 Å². The summed E-state index contributed by atoms with van der Waals surface area (Å²) in [7, 11) is 0. The number of hydrogen-bond donors (Lipinski definition) is 2. The van der Waals surface area contributed by atoms with Crippen molar-refractivity contribution in [2.75, 3.05) is 26.2 Å². The van der Waals surface area contributed by atoms with E-state index < -0.39 is 11.9 Å². The Morgan fingerprint density at radius 1 is 1.23 bits per heavy atom. The smallest absolute Gasteiger partial charge is 0.269 e. The molecule has 2 saturated heterocycles. The Labute approximate surface area is 205 Å². The highest BCUT2D eigenvalue weighted by atomic mass is 16.5. The van der Waals surface area contributed by atoms with Crippen LogP contribution >= 0.6 is 0 Å². The fourth-order valence-electron chi connectivity index (χ4n) is 5.16. The summed E-state index contributed by atoms with van der Waals surface area (Å²) >= 11 is 0. The van der Waals surface area contributed by atoms with Crippen molar-refractivity contribution in [1.82, 2.24) is 15.1 Å². The van der Waals surface area contributed by atoms with Gasteiger partial charge in [-0.3, -0.25) is 24.6 Å². The quantitative estimate of drug-likeness (QED) is 0.253. The number of imide groups is 1. The van der Waals surface area contributed by atoms with Gasteiger partial charge in [-0.15, -0.1) is 0 Å². The number of piperidine rings is 2. The Bertz CT molecular complexity index is 1040. The molecule has 1 aromatic carbocycles. The van der Waals surface area contributed by atoms with Crippen LogP contribution in [-0.4, -0.2) is 70.6 Å². The number of fused-ring (bicyclic) bond motifs is 1. The SMILES string of the molecule is CC(C)C1CCN(CC(=N)/C=C(\[OH2+])COc2cccc3c2CN(C2CCC(=O)NC2=O)C3=O)CC1. The predicted octanol–water partition coefficient (Wildman–Crippen LogP) is 1.82. The molecule has 3 aliphatic rings. The van der Waals surface area contributed by atoms with E-state index in [0.29, 0.717) is 41.5 Å². The summed E-state index contributed by atoms with van der Waals surface area (Å²) in [5.74, 6) is 1.10. The van der Waals surface area contributed by atoms with Gasteiger partial charge in [0.25, 0.3) is 11.7 Å². The van der Waals surface area contributed by atoms with Gasteiger partial charge in [0.1, 0.15) is 11.8 Å². The molecule has 0 spiro atoms. The minimum Gasteiger partial charge on any atom is -0.594 e. The molecule has 1 unspecified atom stereocenters. The maximum atomic E-state index is 12.9. The van der Waals surface area contributed by atoms with Crippen LogP contribution in [0.15, 0.2) is 30.0 Å². The van der Waals surface area contributed by atoms with Gasteiger partial charge < -0.3 is 20.2 Å². The van der Waals surface area contributed by atoms with Crippen molar-refractivity contribution in [2.45, 2.75) is 52.1 Å². The van der Waals surface area contributed by atoms with E-state index in [4.69, 9.17) is 15.3 Å². The maximum absolute atomic E-state index is 12.9. The molecule has 4 N–H and O–H groups in total. The summed E-state index contributed by atoms with van der Waals surface area (Å²) in [6, 6.07) is 4.48. The minimum atomic E-state index is -0.682. The van der Waals surface area contributed by atoms with E-state index in [2.05, 4.69) is 24.1 Å². The third-order valence-electron chi connectivity index (χ3n) is 7.24. The molecule has 9 nitrogen and oxygen atoms in total. The van der Waals surface area contributed by atoms with Crippen molar-refractivity contribution < 1.29 is 24.2 Å². The molecule has 9 heteroatoms. The topological polar surface area (TPSA) is 126 Å². The molecule has 1 atom stereocenters. The summed E-state index contributed by atoms with van der Waals surface area (Å²) in [6.45, 7) is 7.23. The first-order valence-corrected chi connectivity index (χ1v) is 12.3. The van der Waals surface area contributed by atoms with Gasteiger partial charge in [-0.1, -0.05) is 19.9 Å². The van der Waals surface area contributed by atoms with Crippen LogP contribution in [0.2, 0.25) is 0 Å². The van der Waals surface area contributed by atoms with Gasteiger partial charge in [0.2, 0.25) is 11.8 Å². The van der Waals surface area contributed by atoms with E-state index >= 15 is 0 Å². The van der Waals surface area contributed by atoms with Crippen LogP contribution in [0.1, 0.15) is 55.5 Å². The Balaban J connectivity index is 1.33. The highest BCUT2D eigenvalue weighted by Crippen LogP contribution is 2.33. The first kappa shape index (κ1) is 24.9. The molecule has 3 amide bonds. The lowest BCUT2D eigenvalue weighted by Crippen LogP contribution is -2.52. The molecule has 35 heavy (non-hydrogen) atoms. The number of carbonyl (C=O) groups excluding carboxylic acids is 3. The molecule has 0 saturated carbocycles. The molecule has 3 heterocycles. The number of rotatable bonds is 8. The van der Waals surface area contributed by atoms with Gasteiger partial charge in [-0.05, 0) is 56.3 Å². The van der Waals surface area contributed by atoms with E-state index in [0.717, 1.165) is 31.8 Å². The summed E-state index contributed by atoms with van der Waals surface area (Å²) < 4.78 is 5.87. The van der Waals surface area contributed by atoms with Crippen molar-refractivity contribution in [3.63, 3.8) is 0 Å². The number of carbonyl (C=O) groups is 3. The highest BCUT2D eigenvalue weighted by molar-refractivity contribution is 6.05. The number of benzene rings is 1. The lowest BCUT2D eigenvalue weighted by atomic mass is 9.87. The number of amides is 3. The third kappa shape index (κ3) is 5.73. The van der Waals surface area contributed by atoms with Crippen molar-refractivity contribution in [3.05, 3.63) is 41.2 Å². The lowest BCUT2D eigenvalue weighted by Gasteiger charge is -2.33. The fourth-order valence-corrected chi connectivity index (χ4v) is 5.16. The van der Waals surface area contributed by atoms with E-state index in [1.165, 1.54) is 4.90 Å². The van der Waals surface area contributed by atoms with Gasteiger partial charge >= 0.3 is 0 Å². The van der Waals surface area contributed by atoms with Gasteiger partial charge in [0, 0.05) is 24.1 Å². The number of nitrogens with zero attached hydrogens (tertiary/aromatic N) is 2. The average Bonchev–Trinajstić information content (AvgIpc) is 3.15. The largest absolute Gasteiger partial charge is 0.594 e. The average molecular weight is 484 g/mol. The van der Waals surface area contributed by atoms with Gasteiger partial charge in [-0.25, -0.2) is 0 Å². The predicted molar refractivity (Wildman–Crippen MR) is 131 cm³/mol. The fraction of sp³-hybridized carbons (Fsp3) is 0.538. The highest BCUT2D eigenvalue weighted by Gasteiger charge is 2.40. The molecular formula is C26H35N4O5+. The number of ether oxygens (including phenoxy) is 1. The Hall–Kier alpha value is -3.20. The number of hydrogen-bond acceptors (Lipinski definition) is 6. The summed E-state index contributed by atoms with van der Waals surface area (Å²) in [5, 5.41) is 18.8. The zero-order valence-electron chi connectivity index (χ0n) is 20.4. The van der Waals surface area contributed by atoms with Gasteiger partial charge in [0.15, 0.2) is 6.61 Å². The molecule has 0 aromatic heterocycles. The van der Waals surface area contributed by atoms with E-state index in [-0.39, 0.29) is 37.1 Å². The van der Waals surface area contributed by atoms with Crippen molar-refractivity contribution in [1.29, 1.82) is 5.41 Å². The minimum absolute atomic E-state index is 0.0130. The maximum Gasteiger partial charge on any atom is 0.269 e. The molecule has 4 rings (SSSR count). The van der Waals surface area contributed by atoms with Crippen LogP contribution in [0.3, 0.4) is 0 Å². The van der Waals surface area contributed by atoms with Crippen LogP contribution in [0.5, 0.6) is 5.75 Å². The van der Waals surface area contributed by atoms with Crippen LogP contribution in [-0.2, 0) is 16.1 Å². The van der Waals surface area contributed by atoms with Crippen LogP contribution in [0.4, 0.5) is 0 Å². The molecule has 2 fully saturated rings. The Morgan fingerprint density at radius 3 is 2.66 bits per heavy atom. The molecule has 0 radical (unpaired) electrons. The molecule has 1 aromatic rings. The van der Waals surface area contributed by atoms with E-state index in [1.54, 1.807) is 24.3 Å². The van der Waals surface area contributed by atoms with Crippen molar-refractivity contribution in [3.8, 4) is 5.75 Å². The Kier molecular flexibility index (Phi) is 7.54. The zero-order chi connectivity index (χ0) is 25.1. The third-order valence-corrected chi connectivity index (χ3v) is 7.24. The second kappa shape index (κ2) is 10.6. The number of nitrogens with one attached hydrogen (secondary N) is 2. The van der Waals surface area contributed by atoms with Crippen LogP contribution in [0, 0.1) is 17.2 Å². The molecule has 3 aliphatic heterocycles. The van der Waals surface area contributed by atoms with Gasteiger partial charge in [0.05, 0.1) is 18.3 Å². The summed E-state index contributed by atoms with van der Waals surface area (Å²) in [6.07, 6.45) is 4.35. The van der Waals surface area contributed by atoms with Gasteiger partial charge in [-0.2, -0.15) is 0 Å². The van der Waals surface area contributed by atoms with E-state index in [9.17, 15) is 14.4 Å². The second-order valence-corrected chi connectivity index (χ2v) is 10.0. The van der Waals surface area contributed by atoms with Crippen molar-refractivity contribution >= 4 is 23.4 Å². The normalized spacial score (nSPS) is 21.9. The first-order chi connectivity index (χ1) is 16.7. The molecular weight excluding hydrogens is 448 g/mol. The first-order valence-electron chi connectivity index (χ1n) is 12.3. The standard InChI is InChI=1S/C26H34N4O5/c1-16(2)17-8-10-29(11-9-17)13-18(27)12-19(31)15-35-23-5-3-4-20-21(23)14-30(26(20)34)22-6-7-24(32)28-25(22)33/h3-5,12,16-17,22,27,31H,6-11,13-15H2,1-2H3,(H,28,32,33)/p+1/b19-12-,27-18?. The monoisotopic (exact) mass is 483 g/mol. The van der Waals surface area contributed by atoms with Crippen LogP contribution < -0.4 is 10.1 Å². The lowest BCUT2D eigenvalue weighted by molar-refractivity contribution is -0.136. The van der Waals surface area contributed by atoms with Crippen LogP contribution in [0.25, 0.3) is 0 Å². The van der Waals surface area contributed by atoms with E-state index in [1.807, 2.05) is 0 Å².